The molecule has 1 nitrogen and oxygen atoms in total. The van der Waals surface area contributed by atoms with Gasteiger partial charge in [-0.1, -0.05) is 12.2 Å². The summed E-state index contributed by atoms with van der Waals surface area (Å²) in [4.78, 5) is 1.46. The molecule has 1 rings (SSSR count). The SMILES string of the molecule is C/C=C/CCNC(C)c1sccc1C. The number of hydrogen-bond donors (Lipinski definition) is 1. The smallest absolute Gasteiger partial charge is 0.0388 e. The maximum Gasteiger partial charge on any atom is 0.0388 e. The van der Waals surface area contributed by atoms with Crippen LogP contribution >= 0.6 is 11.3 Å². The van der Waals surface area contributed by atoms with Crippen molar-refractivity contribution in [2.24, 2.45) is 0 Å². The third kappa shape index (κ3) is 3.28. The van der Waals surface area contributed by atoms with Crippen LogP contribution in [0.5, 0.6) is 0 Å². The van der Waals surface area contributed by atoms with Crippen molar-refractivity contribution in [2.75, 3.05) is 6.54 Å². The molecule has 0 bridgehead atoms. The summed E-state index contributed by atoms with van der Waals surface area (Å²) in [6.07, 6.45) is 5.41. The lowest BCUT2D eigenvalue weighted by molar-refractivity contribution is 0.587. The Hall–Kier alpha value is -0.600. The first-order valence-corrected chi connectivity index (χ1v) is 6.02. The van der Waals surface area contributed by atoms with Crippen molar-refractivity contribution in [3.8, 4) is 0 Å². The van der Waals surface area contributed by atoms with Crippen molar-refractivity contribution in [1.82, 2.24) is 5.32 Å². The fourth-order valence-corrected chi connectivity index (χ4v) is 2.43. The van der Waals surface area contributed by atoms with Crippen molar-refractivity contribution in [3.05, 3.63) is 34.0 Å². The second kappa shape index (κ2) is 5.99. The van der Waals surface area contributed by atoms with Gasteiger partial charge in [-0.2, -0.15) is 0 Å². The van der Waals surface area contributed by atoms with E-state index in [0.29, 0.717) is 6.04 Å². The number of thiophene rings is 1. The molecule has 0 fully saturated rings. The summed E-state index contributed by atoms with van der Waals surface area (Å²) in [7, 11) is 0. The van der Waals surface area contributed by atoms with E-state index in [1.54, 1.807) is 0 Å². The molecule has 14 heavy (non-hydrogen) atoms. The lowest BCUT2D eigenvalue weighted by Crippen LogP contribution is -2.19. The van der Waals surface area contributed by atoms with Crippen LogP contribution in [0.3, 0.4) is 0 Å². The minimum atomic E-state index is 0.486. The van der Waals surface area contributed by atoms with Gasteiger partial charge < -0.3 is 5.32 Å². The number of nitrogens with one attached hydrogen (secondary N) is 1. The zero-order chi connectivity index (χ0) is 10.4. The predicted octanol–water partition coefficient (Wildman–Crippen LogP) is 3.67. The van der Waals surface area contributed by atoms with E-state index in [9.17, 15) is 0 Å². The molecule has 0 amide bonds. The van der Waals surface area contributed by atoms with Gasteiger partial charge >= 0.3 is 0 Å². The van der Waals surface area contributed by atoms with E-state index < -0.39 is 0 Å². The largest absolute Gasteiger partial charge is 0.309 e. The molecule has 78 valence electrons. The zero-order valence-electron chi connectivity index (χ0n) is 9.21. The molecule has 0 saturated carbocycles. The maximum absolute atomic E-state index is 3.52. The van der Waals surface area contributed by atoms with Gasteiger partial charge in [0, 0.05) is 10.9 Å². The van der Waals surface area contributed by atoms with Gasteiger partial charge in [0.25, 0.3) is 0 Å². The highest BCUT2D eigenvalue weighted by Crippen LogP contribution is 2.23. The van der Waals surface area contributed by atoms with Crippen LogP contribution in [0.25, 0.3) is 0 Å². The molecule has 1 aromatic rings. The van der Waals surface area contributed by atoms with Gasteiger partial charge in [0.1, 0.15) is 0 Å². The van der Waals surface area contributed by atoms with Gasteiger partial charge in [-0.25, -0.2) is 0 Å². The fourth-order valence-electron chi connectivity index (χ4n) is 1.47. The van der Waals surface area contributed by atoms with Gasteiger partial charge in [0.2, 0.25) is 0 Å². The van der Waals surface area contributed by atoms with Gasteiger partial charge in [-0.3, -0.25) is 0 Å². The van der Waals surface area contributed by atoms with Crippen molar-refractivity contribution in [1.29, 1.82) is 0 Å². The Bertz CT molecular complexity index is 288. The van der Waals surface area contributed by atoms with Crippen LogP contribution < -0.4 is 5.32 Å². The topological polar surface area (TPSA) is 12.0 Å². The lowest BCUT2D eigenvalue weighted by Gasteiger charge is -2.12. The Morgan fingerprint density at radius 1 is 1.57 bits per heavy atom. The van der Waals surface area contributed by atoms with Crippen LogP contribution in [0, 0.1) is 6.92 Å². The van der Waals surface area contributed by atoms with Crippen LogP contribution in [0.1, 0.15) is 36.8 Å². The van der Waals surface area contributed by atoms with Crippen molar-refractivity contribution < 1.29 is 0 Å². The first-order chi connectivity index (χ1) is 6.75. The van der Waals surface area contributed by atoms with E-state index in [2.05, 4.69) is 49.7 Å². The highest BCUT2D eigenvalue weighted by atomic mass is 32.1. The quantitative estimate of drug-likeness (QED) is 0.576. The summed E-state index contributed by atoms with van der Waals surface area (Å²) >= 11 is 1.84. The fraction of sp³-hybridized carbons (Fsp3) is 0.500. The molecule has 0 spiro atoms. The Balaban J connectivity index is 2.35. The van der Waals surface area contributed by atoms with Gasteiger partial charge in [-0.05, 0) is 50.7 Å². The lowest BCUT2D eigenvalue weighted by atomic mass is 10.2. The van der Waals surface area contributed by atoms with E-state index in [4.69, 9.17) is 0 Å². The Labute approximate surface area is 90.9 Å². The Kier molecular flexibility index (Phi) is 4.91. The highest BCUT2D eigenvalue weighted by molar-refractivity contribution is 7.10. The number of hydrogen-bond acceptors (Lipinski definition) is 2. The predicted molar refractivity (Wildman–Crippen MR) is 64.9 cm³/mol. The third-order valence-electron chi connectivity index (χ3n) is 2.29. The molecule has 1 atom stereocenters. The molecule has 2 heteroatoms. The van der Waals surface area contributed by atoms with Crippen LogP contribution in [-0.2, 0) is 0 Å². The summed E-state index contributed by atoms with van der Waals surface area (Å²) in [5.74, 6) is 0. The summed E-state index contributed by atoms with van der Waals surface area (Å²) in [5, 5.41) is 5.68. The molecule has 0 aliphatic carbocycles. The Morgan fingerprint density at radius 2 is 2.36 bits per heavy atom. The molecule has 1 unspecified atom stereocenters. The molecule has 1 N–H and O–H groups in total. The van der Waals surface area contributed by atoms with Gasteiger partial charge in [0.05, 0.1) is 0 Å². The molecule has 0 radical (unpaired) electrons. The van der Waals surface area contributed by atoms with Crippen LogP contribution in [0.15, 0.2) is 23.6 Å². The molecule has 0 aromatic carbocycles. The van der Waals surface area contributed by atoms with Gasteiger partial charge in [0.15, 0.2) is 0 Å². The van der Waals surface area contributed by atoms with E-state index in [1.165, 1.54) is 10.4 Å². The molecule has 1 heterocycles. The van der Waals surface area contributed by atoms with E-state index in [1.807, 2.05) is 11.3 Å². The molecule has 0 saturated heterocycles. The number of aryl methyl sites for hydroxylation is 1. The first kappa shape index (κ1) is 11.5. The summed E-state index contributed by atoms with van der Waals surface area (Å²) in [5.41, 5.74) is 1.40. The van der Waals surface area contributed by atoms with Crippen LogP contribution in [0.4, 0.5) is 0 Å². The van der Waals surface area contributed by atoms with E-state index in [-0.39, 0.29) is 0 Å². The number of rotatable bonds is 5. The monoisotopic (exact) mass is 209 g/mol. The minimum absolute atomic E-state index is 0.486. The first-order valence-electron chi connectivity index (χ1n) is 5.14. The summed E-state index contributed by atoms with van der Waals surface area (Å²) < 4.78 is 0. The molecule has 1 aromatic heterocycles. The average molecular weight is 209 g/mol. The van der Waals surface area contributed by atoms with Crippen LogP contribution in [-0.4, -0.2) is 6.54 Å². The van der Waals surface area contributed by atoms with Crippen molar-refractivity contribution in [2.45, 2.75) is 33.2 Å². The van der Waals surface area contributed by atoms with Crippen molar-refractivity contribution >= 4 is 11.3 Å². The normalized spacial score (nSPS) is 13.6. The highest BCUT2D eigenvalue weighted by Gasteiger charge is 2.07. The van der Waals surface area contributed by atoms with Gasteiger partial charge in [-0.15, -0.1) is 11.3 Å². The van der Waals surface area contributed by atoms with E-state index in [0.717, 1.165) is 13.0 Å². The molecule has 0 aliphatic rings. The second-order valence-electron chi connectivity index (χ2n) is 3.50. The van der Waals surface area contributed by atoms with E-state index >= 15 is 0 Å². The average Bonchev–Trinajstić information content (AvgIpc) is 2.59. The second-order valence-corrected chi connectivity index (χ2v) is 4.45. The summed E-state index contributed by atoms with van der Waals surface area (Å²) in [6, 6.07) is 2.67. The maximum atomic E-state index is 3.52. The number of allylic oxidation sites excluding steroid dienone is 1. The molecule has 0 aliphatic heterocycles. The summed E-state index contributed by atoms with van der Waals surface area (Å²) in [6.45, 7) is 7.53. The van der Waals surface area contributed by atoms with Crippen molar-refractivity contribution in [3.63, 3.8) is 0 Å². The Morgan fingerprint density at radius 3 is 2.93 bits per heavy atom. The third-order valence-corrected chi connectivity index (χ3v) is 3.49. The molecular weight excluding hydrogens is 190 g/mol. The van der Waals surface area contributed by atoms with Crippen LogP contribution in [0.2, 0.25) is 0 Å². The molecular formula is C12H19NS. The minimum Gasteiger partial charge on any atom is -0.309 e. The zero-order valence-corrected chi connectivity index (χ0v) is 10.0. The standard InChI is InChI=1S/C12H19NS/c1-4-5-6-8-13-11(3)12-10(2)7-9-14-12/h4-5,7,9,11,13H,6,8H2,1-3H3/b5-4+.